The molecule has 0 saturated carbocycles. The van der Waals surface area contributed by atoms with Crippen LogP contribution in [0, 0.1) is 11.3 Å². The molecule has 0 amide bonds. The van der Waals surface area contributed by atoms with Gasteiger partial charge in [0, 0.05) is 11.4 Å². The summed E-state index contributed by atoms with van der Waals surface area (Å²) >= 11 is 6.91. The molecule has 0 fully saturated rings. The van der Waals surface area contributed by atoms with E-state index in [0.717, 1.165) is 30.0 Å². The van der Waals surface area contributed by atoms with Gasteiger partial charge in [-0.05, 0) is 50.4 Å². The molecule has 0 saturated heterocycles. The van der Waals surface area contributed by atoms with Gasteiger partial charge in [0.1, 0.15) is 11.1 Å². The minimum absolute atomic E-state index is 0.605. The summed E-state index contributed by atoms with van der Waals surface area (Å²) in [6.07, 6.45) is 7.14. The number of thiocarbonyl (C=S) groups is 1. The third-order valence-corrected chi connectivity index (χ3v) is 4.80. The highest BCUT2D eigenvalue weighted by molar-refractivity contribution is 7.80. The van der Waals surface area contributed by atoms with Crippen LogP contribution in [-0.2, 0) is 12.8 Å². The number of thiophene rings is 1. The molecular weight excluding hydrogens is 274 g/mol. The topological polar surface area (TPSA) is 47.8 Å². The number of anilines is 1. The Bertz CT molecular complexity index is 500. The minimum atomic E-state index is 0.605. The van der Waals surface area contributed by atoms with Crippen molar-refractivity contribution in [1.29, 1.82) is 5.26 Å². The van der Waals surface area contributed by atoms with E-state index < -0.39 is 0 Å². The van der Waals surface area contributed by atoms with Gasteiger partial charge in [-0.2, -0.15) is 5.26 Å². The summed E-state index contributed by atoms with van der Waals surface area (Å²) in [6, 6.07) is 2.36. The van der Waals surface area contributed by atoms with Gasteiger partial charge in [0.25, 0.3) is 0 Å². The fourth-order valence-corrected chi connectivity index (χ4v) is 3.99. The molecule has 1 aliphatic carbocycles. The molecule has 5 heteroatoms. The molecule has 102 valence electrons. The molecule has 0 unspecified atom stereocenters. The van der Waals surface area contributed by atoms with E-state index in [9.17, 15) is 5.26 Å². The van der Waals surface area contributed by atoms with Crippen LogP contribution in [0.15, 0.2) is 0 Å². The molecule has 19 heavy (non-hydrogen) atoms. The number of rotatable bonds is 2. The van der Waals surface area contributed by atoms with Gasteiger partial charge in [-0.15, -0.1) is 11.3 Å². The van der Waals surface area contributed by atoms with Crippen molar-refractivity contribution in [2.75, 3.05) is 11.9 Å². The van der Waals surface area contributed by atoms with E-state index >= 15 is 0 Å². The SMILES string of the molecule is CCNC(=S)Nc1sc2c(c1C#N)CCCCCC2. The van der Waals surface area contributed by atoms with Crippen molar-refractivity contribution in [1.82, 2.24) is 5.32 Å². The summed E-state index contributed by atoms with van der Waals surface area (Å²) in [4.78, 5) is 1.37. The van der Waals surface area contributed by atoms with Gasteiger partial charge in [0.15, 0.2) is 5.11 Å². The van der Waals surface area contributed by atoms with Crippen LogP contribution in [0.1, 0.15) is 48.6 Å². The second-order valence-electron chi connectivity index (χ2n) is 4.72. The highest BCUT2D eigenvalue weighted by atomic mass is 32.1. The number of hydrogen-bond donors (Lipinski definition) is 2. The molecule has 1 heterocycles. The largest absolute Gasteiger partial charge is 0.363 e. The van der Waals surface area contributed by atoms with Crippen LogP contribution >= 0.6 is 23.6 Å². The molecule has 0 bridgehead atoms. The van der Waals surface area contributed by atoms with E-state index in [1.165, 1.54) is 36.1 Å². The highest BCUT2D eigenvalue weighted by Gasteiger charge is 2.19. The summed E-state index contributed by atoms with van der Waals surface area (Å²) in [5, 5.41) is 17.2. The van der Waals surface area contributed by atoms with Gasteiger partial charge in [-0.3, -0.25) is 0 Å². The van der Waals surface area contributed by atoms with Gasteiger partial charge in [0.2, 0.25) is 0 Å². The molecule has 0 aromatic carbocycles. The first kappa shape index (κ1) is 14.3. The van der Waals surface area contributed by atoms with Crippen molar-refractivity contribution in [3.8, 4) is 6.07 Å². The summed E-state index contributed by atoms with van der Waals surface area (Å²) in [5.41, 5.74) is 2.07. The van der Waals surface area contributed by atoms with E-state index in [1.54, 1.807) is 11.3 Å². The summed E-state index contributed by atoms with van der Waals surface area (Å²) in [7, 11) is 0. The molecule has 1 aliphatic rings. The summed E-state index contributed by atoms with van der Waals surface area (Å²) in [6.45, 7) is 2.80. The van der Waals surface area contributed by atoms with Crippen molar-refractivity contribution in [3.63, 3.8) is 0 Å². The Kier molecular flexibility index (Phi) is 5.17. The average Bonchev–Trinajstić information content (AvgIpc) is 2.66. The first-order valence-corrected chi connectivity index (χ1v) is 8.08. The predicted octanol–water partition coefficient (Wildman–Crippen LogP) is 3.59. The zero-order valence-electron chi connectivity index (χ0n) is 11.2. The third-order valence-electron chi connectivity index (χ3n) is 3.35. The van der Waals surface area contributed by atoms with Crippen LogP contribution < -0.4 is 10.6 Å². The Hall–Kier alpha value is -1.12. The van der Waals surface area contributed by atoms with Gasteiger partial charge in [0.05, 0.1) is 5.56 Å². The number of nitriles is 1. The fourth-order valence-electron chi connectivity index (χ4n) is 2.43. The molecule has 3 nitrogen and oxygen atoms in total. The van der Waals surface area contributed by atoms with E-state index in [4.69, 9.17) is 12.2 Å². The lowest BCUT2D eigenvalue weighted by molar-refractivity contribution is 0.622. The number of nitrogens with zero attached hydrogens (tertiary/aromatic N) is 1. The van der Waals surface area contributed by atoms with Crippen LogP contribution in [0.25, 0.3) is 0 Å². The second-order valence-corrected chi connectivity index (χ2v) is 6.23. The number of aryl methyl sites for hydroxylation is 1. The highest BCUT2D eigenvalue weighted by Crippen LogP contribution is 2.36. The Morgan fingerprint density at radius 3 is 2.74 bits per heavy atom. The molecule has 2 N–H and O–H groups in total. The maximum Gasteiger partial charge on any atom is 0.171 e. The van der Waals surface area contributed by atoms with Crippen LogP contribution in [0.3, 0.4) is 0 Å². The van der Waals surface area contributed by atoms with Crippen LogP contribution in [0.5, 0.6) is 0 Å². The number of fused-ring (bicyclic) bond motifs is 1. The van der Waals surface area contributed by atoms with Crippen molar-refractivity contribution in [3.05, 3.63) is 16.0 Å². The summed E-state index contributed by atoms with van der Waals surface area (Å²) < 4.78 is 0. The predicted molar refractivity (Wildman–Crippen MR) is 84.8 cm³/mol. The molecule has 0 spiro atoms. The normalized spacial score (nSPS) is 14.7. The van der Waals surface area contributed by atoms with Crippen molar-refractivity contribution in [2.24, 2.45) is 0 Å². The van der Waals surface area contributed by atoms with E-state index in [1.807, 2.05) is 6.92 Å². The zero-order chi connectivity index (χ0) is 13.7. The molecular formula is C14H19N3S2. The van der Waals surface area contributed by atoms with Gasteiger partial charge in [-0.25, -0.2) is 0 Å². The van der Waals surface area contributed by atoms with Crippen molar-refractivity contribution in [2.45, 2.75) is 45.4 Å². The lowest BCUT2D eigenvalue weighted by atomic mass is 9.97. The molecule has 1 aromatic heterocycles. The lowest BCUT2D eigenvalue weighted by Crippen LogP contribution is -2.27. The third kappa shape index (κ3) is 3.46. The zero-order valence-corrected chi connectivity index (χ0v) is 12.8. The Labute approximate surface area is 124 Å². The van der Waals surface area contributed by atoms with Crippen LogP contribution in [0.4, 0.5) is 5.00 Å². The maximum absolute atomic E-state index is 9.42. The standard InChI is InChI=1S/C14H19N3S2/c1-2-16-14(18)17-13-11(9-15)10-7-5-3-4-6-8-12(10)19-13/h2-8H2,1H3,(H2,16,17,18). The Morgan fingerprint density at radius 1 is 1.32 bits per heavy atom. The van der Waals surface area contributed by atoms with E-state index in [-0.39, 0.29) is 0 Å². The fraction of sp³-hybridized carbons (Fsp3) is 0.571. The molecule has 0 aliphatic heterocycles. The van der Waals surface area contributed by atoms with E-state index in [2.05, 4.69) is 16.7 Å². The van der Waals surface area contributed by atoms with Crippen LogP contribution in [-0.4, -0.2) is 11.7 Å². The number of hydrogen-bond acceptors (Lipinski definition) is 3. The first-order chi connectivity index (χ1) is 9.26. The molecule has 0 radical (unpaired) electrons. The molecule has 0 atom stereocenters. The molecule has 1 aromatic rings. The average molecular weight is 293 g/mol. The van der Waals surface area contributed by atoms with Crippen molar-refractivity contribution >= 4 is 33.7 Å². The Morgan fingerprint density at radius 2 is 2.05 bits per heavy atom. The monoisotopic (exact) mass is 293 g/mol. The van der Waals surface area contributed by atoms with Crippen molar-refractivity contribution < 1.29 is 0 Å². The van der Waals surface area contributed by atoms with Gasteiger partial charge in [-0.1, -0.05) is 12.8 Å². The first-order valence-electron chi connectivity index (χ1n) is 6.85. The quantitative estimate of drug-likeness (QED) is 0.818. The van der Waals surface area contributed by atoms with Crippen LogP contribution in [0.2, 0.25) is 0 Å². The van der Waals surface area contributed by atoms with Gasteiger partial charge >= 0.3 is 0 Å². The maximum atomic E-state index is 9.42. The molecule has 2 rings (SSSR count). The lowest BCUT2D eigenvalue weighted by Gasteiger charge is -2.09. The smallest absolute Gasteiger partial charge is 0.171 e. The summed E-state index contributed by atoms with van der Waals surface area (Å²) in [5.74, 6) is 0. The minimum Gasteiger partial charge on any atom is -0.363 e. The number of nitrogens with one attached hydrogen (secondary N) is 2. The second kappa shape index (κ2) is 6.88. The van der Waals surface area contributed by atoms with E-state index in [0.29, 0.717) is 5.11 Å². The Balaban J connectivity index is 2.26. The van der Waals surface area contributed by atoms with Gasteiger partial charge < -0.3 is 10.6 Å².